The molecule has 0 fully saturated rings. The summed E-state index contributed by atoms with van der Waals surface area (Å²) in [7, 11) is 0.0597. The Morgan fingerprint density at radius 3 is 2.33 bits per heavy atom. The van der Waals surface area contributed by atoms with Gasteiger partial charge >= 0.3 is 0 Å². The van der Waals surface area contributed by atoms with Gasteiger partial charge in [0, 0.05) is 23.2 Å². The van der Waals surface area contributed by atoms with Crippen LogP contribution < -0.4 is 9.30 Å². The molecule has 0 bridgehead atoms. The summed E-state index contributed by atoms with van der Waals surface area (Å²) in [5.41, 5.74) is 3.89. The van der Waals surface area contributed by atoms with Gasteiger partial charge in [-0.3, -0.25) is 4.18 Å². The minimum Gasteiger partial charge on any atom is -0.726 e. The highest BCUT2D eigenvalue weighted by Crippen LogP contribution is 2.21. The van der Waals surface area contributed by atoms with E-state index in [9.17, 15) is 13.0 Å². The number of hydrogen-bond donors (Lipinski definition) is 0. The van der Waals surface area contributed by atoms with E-state index in [2.05, 4.69) is 13.7 Å². The number of halogens is 1. The second kappa shape index (κ2) is 7.27. The Kier molecular flexibility index (Phi) is 5.55. The van der Waals surface area contributed by atoms with E-state index in [1.54, 1.807) is 7.11 Å². The lowest BCUT2D eigenvalue weighted by molar-refractivity contribution is -0.617. The number of nitrogens with zero attached hydrogens (tertiary/aromatic N) is 2. The van der Waals surface area contributed by atoms with Gasteiger partial charge in [0.2, 0.25) is 21.4 Å². The second-order valence-corrected chi connectivity index (χ2v) is 6.32. The van der Waals surface area contributed by atoms with E-state index in [0.29, 0.717) is 5.02 Å². The number of methoxy groups -OCH3 is 1. The Labute approximate surface area is 144 Å². The van der Waals surface area contributed by atoms with Crippen LogP contribution in [0.15, 0.2) is 36.4 Å². The Balaban J connectivity index is 0.000000301. The smallest absolute Gasteiger partial charge is 0.232 e. The number of aromatic nitrogens is 2. The van der Waals surface area contributed by atoms with Crippen LogP contribution in [-0.4, -0.2) is 32.2 Å². The molecule has 0 atom stereocenters. The molecule has 2 aromatic carbocycles. The van der Waals surface area contributed by atoms with Gasteiger partial charge in [-0.15, -0.1) is 0 Å². The molecule has 0 unspecified atom stereocenters. The highest BCUT2D eigenvalue weighted by Gasteiger charge is 2.13. The predicted octanol–water partition coefficient (Wildman–Crippen LogP) is 1.97. The van der Waals surface area contributed by atoms with Crippen molar-refractivity contribution >= 4 is 44.1 Å². The monoisotopic (exact) mass is 370 g/mol. The molecule has 7 nitrogen and oxygen atoms in total. The van der Waals surface area contributed by atoms with Crippen LogP contribution >= 0.6 is 11.6 Å². The molecule has 0 aliphatic heterocycles. The Bertz CT molecular complexity index is 992. The van der Waals surface area contributed by atoms with E-state index in [0.717, 1.165) is 34.9 Å². The molecule has 1 aromatic heterocycles. The van der Waals surface area contributed by atoms with Crippen LogP contribution in [0.2, 0.25) is 5.02 Å². The molecule has 3 aromatic rings. The summed E-state index contributed by atoms with van der Waals surface area (Å²) in [5, 5.41) is 0.716. The molecule has 0 saturated carbocycles. The van der Waals surface area contributed by atoms with Gasteiger partial charge in [-0.25, -0.2) is 13.4 Å². The lowest BCUT2D eigenvalue weighted by atomic mass is 10.2. The lowest BCUT2D eigenvalue weighted by Gasteiger charge is -2.03. The summed E-state index contributed by atoms with van der Waals surface area (Å²) in [6.45, 7) is 0. The zero-order chi connectivity index (χ0) is 17.9. The predicted molar refractivity (Wildman–Crippen MR) is 88.7 cm³/mol. The van der Waals surface area contributed by atoms with Crippen molar-refractivity contribution in [1.29, 1.82) is 0 Å². The van der Waals surface area contributed by atoms with Gasteiger partial charge < -0.3 is 9.29 Å². The fourth-order valence-corrected chi connectivity index (χ4v) is 2.29. The SMILES string of the molecule is COS(=O)(=O)[O-].COc1ccc2c(c1)nc1ccc(Cl)cc1[n+]2C. The average molecular weight is 371 g/mol. The van der Waals surface area contributed by atoms with Gasteiger partial charge in [0.25, 0.3) is 0 Å². The third kappa shape index (κ3) is 4.30. The first-order chi connectivity index (χ1) is 11.2. The van der Waals surface area contributed by atoms with E-state index >= 15 is 0 Å². The molecule has 0 radical (unpaired) electrons. The standard InChI is InChI=1S/C14H12ClN2O.CH4O4S/c1-17-13-6-4-10(18-2)8-12(13)16-11-5-3-9(15)7-14(11)17;1-5-6(2,3)4/h3-8H,1-2H3;1H3,(H,2,3,4)/q+1;/p-1. The fourth-order valence-electron chi connectivity index (χ4n) is 2.12. The van der Waals surface area contributed by atoms with Crippen molar-refractivity contribution in [2.75, 3.05) is 14.2 Å². The van der Waals surface area contributed by atoms with Gasteiger partial charge in [0.05, 0.1) is 14.2 Å². The zero-order valence-corrected chi connectivity index (χ0v) is 14.8. The largest absolute Gasteiger partial charge is 0.726 e. The van der Waals surface area contributed by atoms with E-state index in [-0.39, 0.29) is 0 Å². The van der Waals surface area contributed by atoms with E-state index < -0.39 is 10.4 Å². The van der Waals surface area contributed by atoms with E-state index in [1.807, 2.05) is 43.4 Å². The number of aryl methyl sites for hydroxylation is 1. The molecule has 0 N–H and O–H groups in total. The maximum atomic E-state index is 9.22. The summed E-state index contributed by atoms with van der Waals surface area (Å²) in [6, 6.07) is 11.6. The van der Waals surface area contributed by atoms with Crippen LogP contribution in [0, 0.1) is 0 Å². The maximum Gasteiger partial charge on any atom is 0.232 e. The van der Waals surface area contributed by atoms with Crippen molar-refractivity contribution < 1.29 is 26.5 Å². The van der Waals surface area contributed by atoms with Crippen LogP contribution in [-0.2, 0) is 21.6 Å². The molecule has 128 valence electrons. The lowest BCUT2D eigenvalue weighted by Crippen LogP contribution is -2.30. The summed E-state index contributed by atoms with van der Waals surface area (Å²) in [6.07, 6.45) is 0. The molecular weight excluding hydrogens is 356 g/mol. The normalized spacial score (nSPS) is 11.2. The third-order valence-corrected chi connectivity index (χ3v) is 3.93. The Morgan fingerprint density at radius 2 is 1.75 bits per heavy atom. The molecule has 3 rings (SSSR count). The first-order valence-electron chi connectivity index (χ1n) is 6.69. The van der Waals surface area contributed by atoms with Crippen molar-refractivity contribution in [3.63, 3.8) is 0 Å². The molecule has 24 heavy (non-hydrogen) atoms. The third-order valence-electron chi connectivity index (χ3n) is 3.29. The molecule has 9 heteroatoms. The summed E-state index contributed by atoms with van der Waals surface area (Å²) < 4.78 is 38.3. The maximum absolute atomic E-state index is 9.22. The van der Waals surface area contributed by atoms with Gasteiger partial charge in [-0.05, 0) is 18.2 Å². The van der Waals surface area contributed by atoms with Crippen LogP contribution in [0.4, 0.5) is 0 Å². The van der Waals surface area contributed by atoms with E-state index in [4.69, 9.17) is 16.3 Å². The van der Waals surface area contributed by atoms with Gasteiger partial charge in [0.1, 0.15) is 23.8 Å². The molecular formula is C15H15ClN2O5S. The minimum atomic E-state index is -4.41. The second-order valence-electron chi connectivity index (χ2n) is 4.73. The Hall–Kier alpha value is -2.00. The van der Waals surface area contributed by atoms with Crippen LogP contribution in [0.3, 0.4) is 0 Å². The van der Waals surface area contributed by atoms with Crippen molar-refractivity contribution in [1.82, 2.24) is 4.98 Å². The van der Waals surface area contributed by atoms with E-state index in [1.165, 1.54) is 0 Å². The van der Waals surface area contributed by atoms with Gasteiger partial charge in [-0.2, -0.15) is 4.57 Å². The molecule has 1 heterocycles. The summed E-state index contributed by atoms with van der Waals surface area (Å²) >= 11 is 6.03. The average Bonchev–Trinajstić information content (AvgIpc) is 2.55. The zero-order valence-electron chi connectivity index (χ0n) is 13.2. The summed E-state index contributed by atoms with van der Waals surface area (Å²) in [5.74, 6) is 0.809. The highest BCUT2D eigenvalue weighted by molar-refractivity contribution is 7.80. The molecule has 0 spiro atoms. The topological polar surface area (TPSA) is 92.4 Å². The summed E-state index contributed by atoms with van der Waals surface area (Å²) in [4.78, 5) is 4.63. The fraction of sp³-hybridized carbons (Fsp3) is 0.200. The number of benzene rings is 2. The van der Waals surface area contributed by atoms with Crippen molar-refractivity contribution in [3.8, 4) is 5.75 Å². The van der Waals surface area contributed by atoms with Gasteiger partial charge in [0.15, 0.2) is 0 Å². The van der Waals surface area contributed by atoms with Crippen LogP contribution in [0.5, 0.6) is 5.75 Å². The first-order valence-corrected chi connectivity index (χ1v) is 8.41. The number of fused-ring (bicyclic) bond motifs is 2. The van der Waals surface area contributed by atoms with Crippen LogP contribution in [0.25, 0.3) is 22.1 Å². The Morgan fingerprint density at radius 1 is 1.08 bits per heavy atom. The first kappa shape index (κ1) is 18.3. The molecule has 0 aliphatic rings. The van der Waals surface area contributed by atoms with Crippen molar-refractivity contribution in [2.45, 2.75) is 0 Å². The highest BCUT2D eigenvalue weighted by atomic mass is 35.5. The number of rotatable bonds is 2. The quantitative estimate of drug-likeness (QED) is 0.296. The van der Waals surface area contributed by atoms with Crippen molar-refractivity contribution in [2.24, 2.45) is 7.05 Å². The van der Waals surface area contributed by atoms with Crippen molar-refractivity contribution in [3.05, 3.63) is 41.4 Å². The van der Waals surface area contributed by atoms with Gasteiger partial charge in [-0.1, -0.05) is 11.6 Å². The number of ether oxygens (including phenoxy) is 1. The van der Waals surface area contributed by atoms with Crippen LogP contribution in [0.1, 0.15) is 0 Å². The number of hydrogen-bond acceptors (Lipinski definition) is 6. The minimum absolute atomic E-state index is 0.716. The molecule has 0 amide bonds. The molecule has 0 saturated heterocycles. The molecule has 0 aliphatic carbocycles.